The molecule has 1 aliphatic rings. The zero-order valence-corrected chi connectivity index (χ0v) is 13.6. The van der Waals surface area contributed by atoms with Gasteiger partial charge in [-0.1, -0.05) is 31.2 Å². The van der Waals surface area contributed by atoms with Crippen LogP contribution in [0.1, 0.15) is 24.5 Å². The third-order valence-electron chi connectivity index (χ3n) is 4.27. The van der Waals surface area contributed by atoms with E-state index in [1.165, 1.54) is 11.1 Å². The van der Waals surface area contributed by atoms with Crippen molar-refractivity contribution in [3.05, 3.63) is 35.4 Å². The number of hydrogen-bond acceptors (Lipinski definition) is 4. The van der Waals surface area contributed by atoms with Gasteiger partial charge in [-0.15, -0.1) is 0 Å². The molecule has 122 valence electrons. The number of carbonyl (C=O) groups excluding carboxylic acids is 1. The molecule has 0 saturated carbocycles. The first kappa shape index (κ1) is 16.9. The molecule has 0 aromatic heterocycles. The molecule has 0 unspecified atom stereocenters. The first-order chi connectivity index (χ1) is 10.7. The average molecular weight is 304 g/mol. The minimum Gasteiger partial charge on any atom is -0.352 e. The number of likely N-dealkylation sites (N-methyl/N-ethyl adjacent to an activating group) is 1. The van der Waals surface area contributed by atoms with E-state index in [1.54, 1.807) is 0 Å². The molecule has 22 heavy (non-hydrogen) atoms. The molecule has 5 nitrogen and oxygen atoms in total. The summed E-state index contributed by atoms with van der Waals surface area (Å²) >= 11 is 0. The lowest BCUT2D eigenvalue weighted by Crippen LogP contribution is -2.45. The Balaban J connectivity index is 1.89. The number of piperazine rings is 1. The Morgan fingerprint density at radius 3 is 2.41 bits per heavy atom. The topological polar surface area (TPSA) is 61.6 Å². The van der Waals surface area contributed by atoms with Gasteiger partial charge >= 0.3 is 0 Å². The second-order valence-corrected chi connectivity index (χ2v) is 5.79. The lowest BCUT2D eigenvalue weighted by atomic mass is 10.1. The van der Waals surface area contributed by atoms with Crippen molar-refractivity contribution in [2.75, 3.05) is 39.3 Å². The Bertz CT molecular complexity index is 469. The van der Waals surface area contributed by atoms with Gasteiger partial charge in [-0.05, 0) is 17.7 Å². The molecule has 1 aliphatic heterocycles. The first-order valence-electron chi connectivity index (χ1n) is 8.21. The number of nitrogens with two attached hydrogens (primary N) is 1. The van der Waals surface area contributed by atoms with Gasteiger partial charge in [-0.3, -0.25) is 9.69 Å². The summed E-state index contributed by atoms with van der Waals surface area (Å²) in [4.78, 5) is 16.6. The molecule has 1 heterocycles. The summed E-state index contributed by atoms with van der Waals surface area (Å²) in [5.41, 5.74) is 7.91. The number of benzene rings is 1. The van der Waals surface area contributed by atoms with Crippen molar-refractivity contribution < 1.29 is 4.79 Å². The van der Waals surface area contributed by atoms with Gasteiger partial charge in [0.2, 0.25) is 5.91 Å². The first-order valence-corrected chi connectivity index (χ1v) is 8.21. The highest BCUT2D eigenvalue weighted by Crippen LogP contribution is 2.13. The molecule has 3 N–H and O–H groups in total. The van der Waals surface area contributed by atoms with Gasteiger partial charge in [0.1, 0.15) is 0 Å². The maximum absolute atomic E-state index is 11.6. The van der Waals surface area contributed by atoms with E-state index in [2.05, 4.69) is 40.2 Å². The van der Waals surface area contributed by atoms with Crippen LogP contribution in [0.15, 0.2) is 24.3 Å². The monoisotopic (exact) mass is 304 g/mol. The van der Waals surface area contributed by atoms with Crippen LogP contribution in [0.25, 0.3) is 0 Å². The third kappa shape index (κ3) is 5.09. The van der Waals surface area contributed by atoms with Gasteiger partial charge in [0.25, 0.3) is 0 Å². The fraction of sp³-hybridized carbons (Fsp3) is 0.588. The molecule has 0 radical (unpaired) electrons. The number of hydrogen-bond donors (Lipinski definition) is 2. The Hall–Kier alpha value is -1.43. The Labute approximate surface area is 133 Å². The van der Waals surface area contributed by atoms with E-state index in [1.807, 2.05) is 6.07 Å². The smallest absolute Gasteiger partial charge is 0.221 e. The van der Waals surface area contributed by atoms with Crippen LogP contribution in [0.4, 0.5) is 0 Å². The Morgan fingerprint density at radius 1 is 1.14 bits per heavy atom. The van der Waals surface area contributed by atoms with E-state index in [4.69, 9.17) is 5.73 Å². The lowest BCUT2D eigenvalue weighted by Gasteiger charge is -2.34. The molecular formula is C17H28N4O. The highest BCUT2D eigenvalue weighted by atomic mass is 16.1. The molecule has 0 bridgehead atoms. The number of amides is 1. The fourth-order valence-electron chi connectivity index (χ4n) is 2.80. The van der Waals surface area contributed by atoms with Crippen molar-refractivity contribution in [3.8, 4) is 0 Å². The lowest BCUT2D eigenvalue weighted by molar-refractivity contribution is -0.121. The van der Waals surface area contributed by atoms with E-state index in [-0.39, 0.29) is 5.91 Å². The molecule has 0 spiro atoms. The van der Waals surface area contributed by atoms with Crippen molar-refractivity contribution in [1.29, 1.82) is 0 Å². The van der Waals surface area contributed by atoms with E-state index in [0.717, 1.165) is 39.3 Å². The number of carbonyl (C=O) groups is 1. The number of rotatable bonds is 7. The molecule has 1 amide bonds. The van der Waals surface area contributed by atoms with Crippen LogP contribution in [0.5, 0.6) is 0 Å². The van der Waals surface area contributed by atoms with E-state index >= 15 is 0 Å². The molecule has 1 aromatic carbocycles. The normalized spacial score (nSPS) is 16.6. The standard InChI is InChI=1S/C17H28N4O/c1-2-20-9-11-21(12-10-20)14-16-6-4-3-5-15(16)13-19-17(22)7-8-18/h3-6H,2,7-14,18H2,1H3,(H,19,22). The predicted octanol–water partition coefficient (Wildman–Crippen LogP) is 0.789. The summed E-state index contributed by atoms with van der Waals surface area (Å²) in [5, 5.41) is 2.95. The summed E-state index contributed by atoms with van der Waals surface area (Å²) in [7, 11) is 0. The maximum Gasteiger partial charge on any atom is 0.221 e. The van der Waals surface area contributed by atoms with Crippen molar-refractivity contribution in [2.45, 2.75) is 26.4 Å². The minimum absolute atomic E-state index is 0.0221. The van der Waals surface area contributed by atoms with Crippen LogP contribution < -0.4 is 11.1 Å². The SMILES string of the molecule is CCN1CCN(Cc2ccccc2CNC(=O)CCN)CC1. The number of nitrogens with one attached hydrogen (secondary N) is 1. The summed E-state index contributed by atoms with van der Waals surface area (Å²) in [6.07, 6.45) is 0.390. The van der Waals surface area contributed by atoms with Crippen LogP contribution in [0.3, 0.4) is 0 Å². The van der Waals surface area contributed by atoms with E-state index < -0.39 is 0 Å². The summed E-state index contributed by atoms with van der Waals surface area (Å²) in [6, 6.07) is 8.36. The highest BCUT2D eigenvalue weighted by molar-refractivity contribution is 5.76. The Kier molecular flexibility index (Phi) is 6.83. The van der Waals surface area contributed by atoms with Crippen LogP contribution in [0.2, 0.25) is 0 Å². The second-order valence-electron chi connectivity index (χ2n) is 5.79. The van der Waals surface area contributed by atoms with Gasteiger partial charge in [0, 0.05) is 52.2 Å². The molecule has 5 heteroatoms. The van der Waals surface area contributed by atoms with Crippen LogP contribution in [-0.4, -0.2) is 55.0 Å². The molecule has 0 aliphatic carbocycles. The minimum atomic E-state index is 0.0221. The predicted molar refractivity (Wildman–Crippen MR) is 89.4 cm³/mol. The molecule has 1 aromatic rings. The molecule has 0 atom stereocenters. The molecular weight excluding hydrogens is 276 g/mol. The third-order valence-corrected chi connectivity index (χ3v) is 4.27. The summed E-state index contributed by atoms with van der Waals surface area (Å²) in [5.74, 6) is 0.0221. The molecule has 1 fully saturated rings. The van der Waals surface area contributed by atoms with Crippen LogP contribution >= 0.6 is 0 Å². The van der Waals surface area contributed by atoms with Gasteiger partial charge in [-0.2, -0.15) is 0 Å². The summed E-state index contributed by atoms with van der Waals surface area (Å²) in [6.45, 7) is 9.81. The highest BCUT2D eigenvalue weighted by Gasteiger charge is 2.16. The van der Waals surface area contributed by atoms with Gasteiger partial charge in [-0.25, -0.2) is 0 Å². The zero-order chi connectivity index (χ0) is 15.8. The maximum atomic E-state index is 11.6. The molecule has 1 saturated heterocycles. The largest absolute Gasteiger partial charge is 0.352 e. The number of nitrogens with zero attached hydrogens (tertiary/aromatic N) is 2. The van der Waals surface area contributed by atoms with Crippen LogP contribution in [0, 0.1) is 0 Å². The van der Waals surface area contributed by atoms with Crippen molar-refractivity contribution in [2.24, 2.45) is 5.73 Å². The summed E-state index contributed by atoms with van der Waals surface area (Å²) < 4.78 is 0. The van der Waals surface area contributed by atoms with Crippen molar-refractivity contribution in [3.63, 3.8) is 0 Å². The zero-order valence-electron chi connectivity index (χ0n) is 13.6. The van der Waals surface area contributed by atoms with Gasteiger partial charge in [0.05, 0.1) is 0 Å². The quantitative estimate of drug-likeness (QED) is 0.782. The fourth-order valence-corrected chi connectivity index (χ4v) is 2.80. The van der Waals surface area contributed by atoms with Gasteiger partial charge in [0.15, 0.2) is 0 Å². The van der Waals surface area contributed by atoms with Crippen molar-refractivity contribution in [1.82, 2.24) is 15.1 Å². The van der Waals surface area contributed by atoms with E-state index in [0.29, 0.717) is 19.5 Å². The van der Waals surface area contributed by atoms with Gasteiger partial charge < -0.3 is 16.0 Å². The van der Waals surface area contributed by atoms with E-state index in [9.17, 15) is 4.79 Å². The van der Waals surface area contributed by atoms with Crippen LogP contribution in [-0.2, 0) is 17.9 Å². The van der Waals surface area contributed by atoms with Crippen molar-refractivity contribution >= 4 is 5.91 Å². The second kappa shape index (κ2) is 8.88. The Morgan fingerprint density at radius 2 is 1.77 bits per heavy atom. The molecule has 2 rings (SSSR count). The average Bonchev–Trinajstić information content (AvgIpc) is 2.55.